The SMILES string of the molecule is O=C1CC(O)(O)CN1C(O)(O)O. The number of amides is 1. The van der Waals surface area contributed by atoms with E-state index in [0.717, 1.165) is 0 Å². The summed E-state index contributed by atoms with van der Waals surface area (Å²) in [5.41, 5.74) is 0. The molecule has 0 unspecified atom stereocenters. The van der Waals surface area contributed by atoms with Gasteiger partial charge in [-0.05, 0) is 0 Å². The topological polar surface area (TPSA) is 121 Å². The maximum Gasteiger partial charge on any atom is 0.372 e. The Morgan fingerprint density at radius 1 is 1.33 bits per heavy atom. The highest BCUT2D eigenvalue weighted by Crippen LogP contribution is 2.23. The largest absolute Gasteiger partial charge is 0.372 e. The summed E-state index contributed by atoms with van der Waals surface area (Å²) in [5, 5.41) is 43.3. The lowest BCUT2D eigenvalue weighted by Crippen LogP contribution is -2.50. The second-order valence-corrected chi connectivity index (χ2v) is 2.74. The number of likely N-dealkylation sites (tertiary alicyclic amines) is 1. The fourth-order valence-corrected chi connectivity index (χ4v) is 1.01. The predicted molar refractivity (Wildman–Crippen MR) is 32.9 cm³/mol. The van der Waals surface area contributed by atoms with Crippen molar-refractivity contribution in [1.82, 2.24) is 4.90 Å². The minimum atomic E-state index is -3.33. The Hall–Kier alpha value is -0.730. The lowest BCUT2D eigenvalue weighted by molar-refractivity contribution is -0.384. The van der Waals surface area contributed by atoms with Crippen molar-refractivity contribution in [1.29, 1.82) is 0 Å². The van der Waals surface area contributed by atoms with Crippen LogP contribution in [0.3, 0.4) is 0 Å². The molecule has 1 aliphatic rings. The van der Waals surface area contributed by atoms with Crippen LogP contribution in [0.5, 0.6) is 0 Å². The quantitative estimate of drug-likeness (QED) is 0.266. The molecule has 0 radical (unpaired) electrons. The van der Waals surface area contributed by atoms with Crippen LogP contribution >= 0.6 is 0 Å². The van der Waals surface area contributed by atoms with Crippen LogP contribution in [0.1, 0.15) is 6.42 Å². The van der Waals surface area contributed by atoms with Crippen molar-refractivity contribution in [2.45, 2.75) is 18.3 Å². The first kappa shape index (κ1) is 9.36. The van der Waals surface area contributed by atoms with Gasteiger partial charge in [-0.1, -0.05) is 0 Å². The van der Waals surface area contributed by atoms with E-state index < -0.39 is 30.8 Å². The number of rotatable bonds is 1. The van der Waals surface area contributed by atoms with E-state index in [1.54, 1.807) is 0 Å². The second kappa shape index (κ2) is 2.38. The van der Waals surface area contributed by atoms with Crippen LogP contribution in [0.2, 0.25) is 0 Å². The summed E-state index contributed by atoms with van der Waals surface area (Å²) in [6, 6.07) is 0. The summed E-state index contributed by atoms with van der Waals surface area (Å²) in [7, 11) is 0. The van der Waals surface area contributed by atoms with Crippen LogP contribution in [-0.4, -0.2) is 54.8 Å². The molecule has 0 atom stereocenters. The van der Waals surface area contributed by atoms with E-state index in [9.17, 15) is 4.79 Å². The average molecular weight is 179 g/mol. The summed E-state index contributed by atoms with van der Waals surface area (Å²) < 4.78 is 0. The summed E-state index contributed by atoms with van der Waals surface area (Å²) in [6.07, 6.45) is -4.00. The molecular weight excluding hydrogens is 170 g/mol. The zero-order valence-electron chi connectivity index (χ0n) is 6.01. The highest BCUT2D eigenvalue weighted by molar-refractivity contribution is 5.79. The zero-order valence-corrected chi connectivity index (χ0v) is 6.01. The first-order valence-corrected chi connectivity index (χ1v) is 3.15. The molecule has 0 aliphatic carbocycles. The molecule has 0 spiro atoms. The molecule has 1 saturated heterocycles. The number of carbonyl (C=O) groups excluding carboxylic acids is 1. The van der Waals surface area contributed by atoms with Crippen LogP contribution in [0.4, 0.5) is 0 Å². The molecule has 0 saturated carbocycles. The molecule has 12 heavy (non-hydrogen) atoms. The van der Waals surface area contributed by atoms with Gasteiger partial charge in [-0.2, -0.15) is 0 Å². The average Bonchev–Trinajstić information content (AvgIpc) is 2.03. The van der Waals surface area contributed by atoms with Crippen LogP contribution in [0, 0.1) is 0 Å². The van der Waals surface area contributed by atoms with Crippen molar-refractivity contribution in [3.05, 3.63) is 0 Å². The van der Waals surface area contributed by atoms with E-state index in [4.69, 9.17) is 25.5 Å². The standard InChI is InChI=1S/C5H9NO6/c7-3-1-4(8,9)2-6(3)5(10,11)12/h8-12H,1-2H2. The number of β-amino-alcohol motifs (C(OH)–C–C–N with tert-alkyl or cyclic N) is 2. The van der Waals surface area contributed by atoms with Crippen molar-refractivity contribution in [3.8, 4) is 0 Å². The van der Waals surface area contributed by atoms with Gasteiger partial charge in [0.25, 0.3) is 0 Å². The molecule has 1 heterocycles. The third kappa shape index (κ3) is 1.71. The minimum absolute atomic E-state index is 0.146. The van der Waals surface area contributed by atoms with E-state index in [1.165, 1.54) is 0 Å². The van der Waals surface area contributed by atoms with Gasteiger partial charge in [0.1, 0.15) is 0 Å². The van der Waals surface area contributed by atoms with E-state index in [-0.39, 0.29) is 4.90 Å². The summed E-state index contributed by atoms with van der Waals surface area (Å²) in [5.74, 6) is -3.26. The zero-order chi connectivity index (χ0) is 9.57. The van der Waals surface area contributed by atoms with Gasteiger partial charge in [-0.25, -0.2) is 0 Å². The molecule has 7 nitrogen and oxygen atoms in total. The fraction of sp³-hybridized carbons (Fsp3) is 0.800. The number of hydrogen-bond acceptors (Lipinski definition) is 6. The first-order valence-electron chi connectivity index (χ1n) is 3.15. The summed E-state index contributed by atoms with van der Waals surface area (Å²) in [4.78, 5) is 10.9. The summed E-state index contributed by atoms with van der Waals surface area (Å²) >= 11 is 0. The Bertz CT molecular complexity index is 206. The number of aliphatic hydroxyl groups is 5. The second-order valence-electron chi connectivity index (χ2n) is 2.74. The van der Waals surface area contributed by atoms with Crippen molar-refractivity contribution in [2.24, 2.45) is 0 Å². The third-order valence-electron chi connectivity index (χ3n) is 1.51. The van der Waals surface area contributed by atoms with E-state index in [2.05, 4.69) is 0 Å². The predicted octanol–water partition coefficient (Wildman–Crippen LogP) is -3.51. The Labute approximate surface area is 67.1 Å². The van der Waals surface area contributed by atoms with Crippen LogP contribution in [-0.2, 0) is 4.79 Å². The molecule has 1 rings (SSSR count). The molecule has 0 aromatic rings. The third-order valence-corrected chi connectivity index (χ3v) is 1.51. The monoisotopic (exact) mass is 179 g/mol. The molecule has 1 aliphatic heterocycles. The molecule has 5 N–H and O–H groups in total. The van der Waals surface area contributed by atoms with Gasteiger partial charge in [0.05, 0.1) is 13.0 Å². The van der Waals surface area contributed by atoms with Crippen LogP contribution in [0.25, 0.3) is 0 Å². The van der Waals surface area contributed by atoms with Crippen molar-refractivity contribution < 1.29 is 30.3 Å². The molecule has 1 amide bonds. The smallest absolute Gasteiger partial charge is 0.364 e. The lowest BCUT2D eigenvalue weighted by atomic mass is 10.2. The van der Waals surface area contributed by atoms with Gasteiger partial charge in [0, 0.05) is 0 Å². The van der Waals surface area contributed by atoms with Gasteiger partial charge in [-0.15, -0.1) is 0 Å². The number of carbonyl (C=O) groups is 1. The highest BCUT2D eigenvalue weighted by atomic mass is 16.7. The molecule has 70 valence electrons. The Balaban J connectivity index is 2.78. The van der Waals surface area contributed by atoms with Crippen molar-refractivity contribution >= 4 is 5.91 Å². The van der Waals surface area contributed by atoms with Gasteiger partial charge >= 0.3 is 6.10 Å². The number of nitrogens with zero attached hydrogens (tertiary/aromatic N) is 1. The van der Waals surface area contributed by atoms with E-state index in [1.807, 2.05) is 0 Å². The molecule has 0 aromatic heterocycles. The fourth-order valence-electron chi connectivity index (χ4n) is 1.01. The maximum absolute atomic E-state index is 10.8. The highest BCUT2D eigenvalue weighted by Gasteiger charge is 2.48. The molecule has 0 bridgehead atoms. The molecular formula is C5H9NO6. The van der Waals surface area contributed by atoms with Gasteiger partial charge in [-0.3, -0.25) is 9.69 Å². The number of hydrogen-bond donors (Lipinski definition) is 5. The van der Waals surface area contributed by atoms with Gasteiger partial charge in [0.15, 0.2) is 5.79 Å². The maximum atomic E-state index is 10.8. The van der Waals surface area contributed by atoms with Crippen LogP contribution < -0.4 is 0 Å². The van der Waals surface area contributed by atoms with Crippen molar-refractivity contribution in [2.75, 3.05) is 6.54 Å². The first-order chi connectivity index (χ1) is 5.22. The Kier molecular flexibility index (Phi) is 1.85. The minimum Gasteiger partial charge on any atom is -0.364 e. The Morgan fingerprint density at radius 2 is 1.83 bits per heavy atom. The van der Waals surface area contributed by atoms with Gasteiger partial charge < -0.3 is 25.5 Å². The normalized spacial score (nSPS) is 23.4. The lowest BCUT2D eigenvalue weighted by Gasteiger charge is -2.25. The molecule has 0 aromatic carbocycles. The molecule has 1 fully saturated rings. The Morgan fingerprint density at radius 3 is 2.00 bits per heavy atom. The van der Waals surface area contributed by atoms with E-state index >= 15 is 0 Å². The van der Waals surface area contributed by atoms with Gasteiger partial charge in [0.2, 0.25) is 5.91 Å². The van der Waals surface area contributed by atoms with Crippen LogP contribution in [0.15, 0.2) is 0 Å². The van der Waals surface area contributed by atoms with E-state index in [0.29, 0.717) is 0 Å². The molecule has 7 heteroatoms. The summed E-state index contributed by atoms with van der Waals surface area (Å²) in [6.45, 7) is -0.741. The van der Waals surface area contributed by atoms with Crippen molar-refractivity contribution in [3.63, 3.8) is 0 Å².